The number of nitrogen functional groups attached to an aromatic ring is 1. The molecule has 0 fully saturated rings. The molecular formula is C18H17N. The van der Waals surface area contributed by atoms with Gasteiger partial charge in [-0.15, -0.1) is 0 Å². The summed E-state index contributed by atoms with van der Waals surface area (Å²) in [5.74, 6) is 0. The molecule has 0 saturated carbocycles. The summed E-state index contributed by atoms with van der Waals surface area (Å²) in [6.45, 7) is 4.24. The Morgan fingerprint density at radius 1 is 0.842 bits per heavy atom. The maximum Gasteiger partial charge on any atom is 0.0322 e. The highest BCUT2D eigenvalue weighted by Gasteiger charge is 2.08. The second-order valence-electron chi connectivity index (χ2n) is 5.11. The molecule has 0 aliphatic heterocycles. The van der Waals surface area contributed by atoms with Gasteiger partial charge in [0.05, 0.1) is 0 Å². The highest BCUT2D eigenvalue weighted by Crippen LogP contribution is 2.33. The van der Waals surface area contributed by atoms with E-state index >= 15 is 0 Å². The number of hydrogen-bond acceptors (Lipinski definition) is 1. The van der Waals surface area contributed by atoms with Crippen LogP contribution in [0.5, 0.6) is 0 Å². The highest BCUT2D eigenvalue weighted by atomic mass is 14.5. The molecule has 0 bridgehead atoms. The quantitative estimate of drug-likeness (QED) is 0.619. The summed E-state index contributed by atoms with van der Waals surface area (Å²) in [5, 5.41) is 2.55. The van der Waals surface area contributed by atoms with Crippen LogP contribution in [-0.4, -0.2) is 0 Å². The maximum absolute atomic E-state index is 5.99. The molecule has 0 heterocycles. The van der Waals surface area contributed by atoms with Crippen molar-refractivity contribution >= 4 is 16.5 Å². The smallest absolute Gasteiger partial charge is 0.0322 e. The second kappa shape index (κ2) is 4.43. The van der Waals surface area contributed by atoms with E-state index < -0.39 is 0 Å². The Morgan fingerprint density at radius 3 is 2.42 bits per heavy atom. The molecule has 1 nitrogen and oxygen atoms in total. The standard InChI is InChI=1S/C18H17N/c1-12-9-15(11-16(19)10-12)18-13(2)7-8-14-5-3-4-6-17(14)18/h3-11H,19H2,1-2H3. The van der Waals surface area contributed by atoms with Gasteiger partial charge in [0, 0.05) is 5.69 Å². The van der Waals surface area contributed by atoms with E-state index in [2.05, 4.69) is 62.4 Å². The topological polar surface area (TPSA) is 26.0 Å². The van der Waals surface area contributed by atoms with E-state index in [-0.39, 0.29) is 0 Å². The SMILES string of the molecule is Cc1cc(N)cc(-c2c(C)ccc3ccccc23)c1. The Kier molecular flexibility index (Phi) is 2.75. The van der Waals surface area contributed by atoms with E-state index in [1.807, 2.05) is 6.07 Å². The number of rotatable bonds is 1. The number of fused-ring (bicyclic) bond motifs is 1. The lowest BCUT2D eigenvalue weighted by atomic mass is 9.93. The number of anilines is 1. The first kappa shape index (κ1) is 11.8. The molecule has 3 aromatic carbocycles. The Hall–Kier alpha value is -2.28. The average Bonchev–Trinajstić information content (AvgIpc) is 2.37. The van der Waals surface area contributed by atoms with E-state index in [4.69, 9.17) is 5.73 Å². The van der Waals surface area contributed by atoms with Crippen LogP contribution in [0, 0.1) is 13.8 Å². The van der Waals surface area contributed by atoms with Gasteiger partial charge in [-0.25, -0.2) is 0 Å². The van der Waals surface area contributed by atoms with Crippen molar-refractivity contribution in [1.82, 2.24) is 0 Å². The zero-order valence-corrected chi connectivity index (χ0v) is 11.3. The van der Waals surface area contributed by atoms with Crippen LogP contribution in [-0.2, 0) is 0 Å². The van der Waals surface area contributed by atoms with Crippen molar-refractivity contribution in [3.63, 3.8) is 0 Å². The zero-order valence-electron chi connectivity index (χ0n) is 11.3. The fourth-order valence-electron chi connectivity index (χ4n) is 2.72. The van der Waals surface area contributed by atoms with Crippen molar-refractivity contribution in [3.8, 4) is 11.1 Å². The predicted octanol–water partition coefficient (Wildman–Crippen LogP) is 4.71. The zero-order chi connectivity index (χ0) is 13.4. The van der Waals surface area contributed by atoms with Gasteiger partial charge < -0.3 is 5.73 Å². The van der Waals surface area contributed by atoms with Gasteiger partial charge in [0.1, 0.15) is 0 Å². The van der Waals surface area contributed by atoms with E-state index in [1.165, 1.54) is 33.0 Å². The van der Waals surface area contributed by atoms with Crippen LogP contribution in [0.2, 0.25) is 0 Å². The molecule has 19 heavy (non-hydrogen) atoms. The summed E-state index contributed by atoms with van der Waals surface area (Å²) in [6, 6.07) is 19.1. The number of aryl methyl sites for hydroxylation is 2. The average molecular weight is 247 g/mol. The molecule has 0 spiro atoms. The van der Waals surface area contributed by atoms with Gasteiger partial charge in [0.15, 0.2) is 0 Å². The molecule has 0 amide bonds. The maximum atomic E-state index is 5.99. The first-order valence-electron chi connectivity index (χ1n) is 6.51. The Bertz CT molecular complexity index is 736. The van der Waals surface area contributed by atoms with Gasteiger partial charge >= 0.3 is 0 Å². The molecule has 0 aliphatic carbocycles. The van der Waals surface area contributed by atoms with Gasteiger partial charge in [-0.1, -0.05) is 42.5 Å². The van der Waals surface area contributed by atoms with E-state index in [9.17, 15) is 0 Å². The van der Waals surface area contributed by atoms with Crippen LogP contribution in [0.4, 0.5) is 5.69 Å². The minimum absolute atomic E-state index is 0.822. The summed E-state index contributed by atoms with van der Waals surface area (Å²) >= 11 is 0. The van der Waals surface area contributed by atoms with E-state index in [0.29, 0.717) is 0 Å². The van der Waals surface area contributed by atoms with Crippen molar-refractivity contribution in [1.29, 1.82) is 0 Å². The number of hydrogen-bond donors (Lipinski definition) is 1. The van der Waals surface area contributed by atoms with E-state index in [0.717, 1.165) is 5.69 Å². The molecular weight excluding hydrogens is 230 g/mol. The summed E-state index contributed by atoms with van der Waals surface area (Å²) in [7, 11) is 0. The normalized spacial score (nSPS) is 10.8. The van der Waals surface area contributed by atoms with Crippen LogP contribution in [0.1, 0.15) is 11.1 Å². The van der Waals surface area contributed by atoms with Crippen molar-refractivity contribution in [2.75, 3.05) is 5.73 Å². The fraction of sp³-hybridized carbons (Fsp3) is 0.111. The summed E-state index contributed by atoms with van der Waals surface area (Å²) in [6.07, 6.45) is 0. The molecule has 0 unspecified atom stereocenters. The molecule has 0 aromatic heterocycles. The van der Waals surface area contributed by atoms with Crippen molar-refractivity contribution in [3.05, 3.63) is 65.7 Å². The van der Waals surface area contributed by atoms with Crippen molar-refractivity contribution < 1.29 is 0 Å². The first-order valence-corrected chi connectivity index (χ1v) is 6.51. The summed E-state index contributed by atoms with van der Waals surface area (Å²) < 4.78 is 0. The third kappa shape index (κ3) is 2.08. The minimum atomic E-state index is 0.822. The molecule has 0 radical (unpaired) electrons. The van der Waals surface area contributed by atoms with Crippen LogP contribution in [0.25, 0.3) is 21.9 Å². The Morgan fingerprint density at radius 2 is 1.63 bits per heavy atom. The largest absolute Gasteiger partial charge is 0.399 e. The minimum Gasteiger partial charge on any atom is -0.399 e. The van der Waals surface area contributed by atoms with Gasteiger partial charge in [-0.05, 0) is 59.0 Å². The molecule has 2 N–H and O–H groups in total. The monoisotopic (exact) mass is 247 g/mol. The molecule has 0 aliphatic rings. The number of benzene rings is 3. The molecule has 0 saturated heterocycles. The lowest BCUT2D eigenvalue weighted by Gasteiger charge is -2.12. The third-order valence-corrected chi connectivity index (χ3v) is 3.53. The highest BCUT2D eigenvalue weighted by molar-refractivity contribution is 5.98. The van der Waals surface area contributed by atoms with E-state index in [1.54, 1.807) is 0 Å². The fourth-order valence-corrected chi connectivity index (χ4v) is 2.72. The molecule has 0 atom stereocenters. The van der Waals surface area contributed by atoms with Crippen LogP contribution in [0.15, 0.2) is 54.6 Å². The lowest BCUT2D eigenvalue weighted by molar-refractivity contribution is 1.44. The van der Waals surface area contributed by atoms with Crippen molar-refractivity contribution in [2.24, 2.45) is 0 Å². The van der Waals surface area contributed by atoms with Crippen molar-refractivity contribution in [2.45, 2.75) is 13.8 Å². The van der Waals surface area contributed by atoms with Gasteiger partial charge in [0.25, 0.3) is 0 Å². The molecule has 94 valence electrons. The molecule has 3 aromatic rings. The van der Waals surface area contributed by atoms with Crippen LogP contribution < -0.4 is 5.73 Å². The molecule has 1 heteroatoms. The van der Waals surface area contributed by atoms with Crippen LogP contribution in [0.3, 0.4) is 0 Å². The van der Waals surface area contributed by atoms with Gasteiger partial charge in [-0.2, -0.15) is 0 Å². The third-order valence-electron chi connectivity index (χ3n) is 3.53. The molecule has 3 rings (SSSR count). The lowest BCUT2D eigenvalue weighted by Crippen LogP contribution is -1.91. The second-order valence-corrected chi connectivity index (χ2v) is 5.11. The number of nitrogens with two attached hydrogens (primary N) is 1. The van der Waals surface area contributed by atoms with Crippen LogP contribution >= 0.6 is 0 Å². The Balaban J connectivity index is 2.38. The van der Waals surface area contributed by atoms with Gasteiger partial charge in [0.2, 0.25) is 0 Å². The predicted molar refractivity (Wildman–Crippen MR) is 83.3 cm³/mol. The van der Waals surface area contributed by atoms with Gasteiger partial charge in [-0.3, -0.25) is 0 Å². The Labute approximate surface area is 113 Å². The first-order chi connectivity index (χ1) is 9.15. The summed E-state index contributed by atoms with van der Waals surface area (Å²) in [5.41, 5.74) is 11.8. The summed E-state index contributed by atoms with van der Waals surface area (Å²) in [4.78, 5) is 0.